The lowest BCUT2D eigenvalue weighted by Crippen LogP contribution is -2.55. The van der Waals surface area contributed by atoms with Crippen LogP contribution in [-0.2, 0) is 8.85 Å². The molecule has 0 saturated carbocycles. The first-order valence-corrected chi connectivity index (χ1v) is 13.4. The third-order valence-corrected chi connectivity index (χ3v) is 9.37. The maximum atomic E-state index is 7.26. The number of rotatable bonds is 16. The Morgan fingerprint density at radius 3 is 1.56 bits per heavy atom. The summed E-state index contributed by atoms with van der Waals surface area (Å²) in [6.07, 6.45) is 9.60. The zero-order valence-corrected chi connectivity index (χ0v) is 19.7. The summed E-state index contributed by atoms with van der Waals surface area (Å²) in [6, 6.07) is 2.33. The zero-order valence-electron chi connectivity index (χ0n) is 18.7. The fourth-order valence-electron chi connectivity index (χ4n) is 3.96. The summed E-state index contributed by atoms with van der Waals surface area (Å²) in [7, 11) is -2.17. The van der Waals surface area contributed by atoms with Crippen LogP contribution >= 0.6 is 0 Å². The third kappa shape index (κ3) is 8.13. The average Bonchev–Trinajstić information content (AvgIpc) is 2.57. The molecule has 0 aliphatic rings. The Bertz CT molecular complexity index is 299. The van der Waals surface area contributed by atoms with E-state index < -0.39 is 8.56 Å². The fraction of sp³-hybridized carbons (Fsp3) is 1.00. The van der Waals surface area contributed by atoms with Gasteiger partial charge in [-0.05, 0) is 36.8 Å². The van der Waals surface area contributed by atoms with Crippen LogP contribution in [0.4, 0.5) is 0 Å². The van der Waals surface area contributed by atoms with Crippen LogP contribution in [0.2, 0.25) is 12.1 Å². The van der Waals surface area contributed by atoms with E-state index in [0.717, 1.165) is 31.5 Å². The minimum Gasteiger partial charge on any atom is -0.394 e. The molecule has 0 fully saturated rings. The summed E-state index contributed by atoms with van der Waals surface area (Å²) in [6.45, 7) is 19.4. The lowest BCUT2D eigenvalue weighted by atomic mass is 9.77. The second-order valence-electron chi connectivity index (χ2n) is 8.44. The van der Waals surface area contributed by atoms with Gasteiger partial charge in [0, 0.05) is 6.61 Å². The Balaban J connectivity index is 5.66. The largest absolute Gasteiger partial charge is 0.394 e. The van der Waals surface area contributed by atoms with Gasteiger partial charge in [0.2, 0.25) is 0 Å². The molecule has 0 spiro atoms. The molecule has 0 aliphatic carbocycles. The minimum atomic E-state index is -2.17. The number of hydrogen-bond acceptors (Lipinski definition) is 2. The SMILES string of the molecule is CCCCO[Si](CCCC)(CCCC)OC(CCC)(C(C)C)C(C)C. The van der Waals surface area contributed by atoms with Gasteiger partial charge >= 0.3 is 8.56 Å². The predicted molar refractivity (Wildman–Crippen MR) is 114 cm³/mol. The molecule has 0 amide bonds. The molecular weight excluding hydrogens is 324 g/mol. The van der Waals surface area contributed by atoms with Crippen molar-refractivity contribution in [2.24, 2.45) is 11.8 Å². The Labute approximate surface area is 160 Å². The van der Waals surface area contributed by atoms with Gasteiger partial charge in [0.1, 0.15) is 0 Å². The molecule has 0 aromatic carbocycles. The van der Waals surface area contributed by atoms with Crippen molar-refractivity contribution < 1.29 is 8.85 Å². The highest BCUT2D eigenvalue weighted by molar-refractivity contribution is 6.67. The van der Waals surface area contributed by atoms with Crippen molar-refractivity contribution in [1.82, 2.24) is 0 Å². The van der Waals surface area contributed by atoms with E-state index in [1.165, 1.54) is 38.5 Å². The first-order valence-electron chi connectivity index (χ1n) is 11.2. The van der Waals surface area contributed by atoms with E-state index >= 15 is 0 Å². The van der Waals surface area contributed by atoms with Gasteiger partial charge in [-0.2, -0.15) is 0 Å². The molecule has 152 valence electrons. The van der Waals surface area contributed by atoms with Crippen LogP contribution in [0.1, 0.15) is 107 Å². The van der Waals surface area contributed by atoms with E-state index in [0.29, 0.717) is 11.8 Å². The molecule has 0 N–H and O–H groups in total. The Hall–Kier alpha value is 0.137. The van der Waals surface area contributed by atoms with Crippen molar-refractivity contribution in [1.29, 1.82) is 0 Å². The molecule has 0 aromatic rings. The molecular formula is C22H48O2Si. The number of unbranched alkanes of at least 4 members (excludes halogenated alkanes) is 3. The van der Waals surface area contributed by atoms with Crippen molar-refractivity contribution >= 4 is 8.56 Å². The van der Waals surface area contributed by atoms with Crippen molar-refractivity contribution in [3.63, 3.8) is 0 Å². The van der Waals surface area contributed by atoms with E-state index in [4.69, 9.17) is 8.85 Å². The van der Waals surface area contributed by atoms with Crippen LogP contribution in [0.15, 0.2) is 0 Å². The Kier molecular flexibility index (Phi) is 13.4. The van der Waals surface area contributed by atoms with Gasteiger partial charge in [-0.15, -0.1) is 0 Å². The molecule has 0 saturated heterocycles. The summed E-state index contributed by atoms with van der Waals surface area (Å²) in [4.78, 5) is 0. The third-order valence-electron chi connectivity index (χ3n) is 5.66. The van der Waals surface area contributed by atoms with Gasteiger partial charge in [-0.1, -0.05) is 93.9 Å². The maximum Gasteiger partial charge on any atom is 0.338 e. The van der Waals surface area contributed by atoms with Gasteiger partial charge in [0.15, 0.2) is 0 Å². The van der Waals surface area contributed by atoms with Crippen LogP contribution in [0.3, 0.4) is 0 Å². The van der Waals surface area contributed by atoms with E-state index in [1.807, 2.05) is 0 Å². The van der Waals surface area contributed by atoms with Gasteiger partial charge in [0.25, 0.3) is 0 Å². The Morgan fingerprint density at radius 2 is 1.20 bits per heavy atom. The lowest BCUT2D eigenvalue weighted by Gasteiger charge is -2.48. The molecule has 0 aliphatic heterocycles. The minimum absolute atomic E-state index is 0.0331. The molecule has 25 heavy (non-hydrogen) atoms. The topological polar surface area (TPSA) is 18.5 Å². The van der Waals surface area contributed by atoms with E-state index in [-0.39, 0.29) is 5.60 Å². The number of hydrogen-bond donors (Lipinski definition) is 0. The highest BCUT2D eigenvalue weighted by atomic mass is 28.4. The van der Waals surface area contributed by atoms with Crippen LogP contribution in [-0.4, -0.2) is 20.8 Å². The second-order valence-corrected chi connectivity index (χ2v) is 11.8. The van der Waals surface area contributed by atoms with Crippen molar-refractivity contribution in [3.8, 4) is 0 Å². The summed E-state index contributed by atoms with van der Waals surface area (Å²) in [5, 5.41) is 0. The summed E-state index contributed by atoms with van der Waals surface area (Å²) in [5.41, 5.74) is -0.0331. The van der Waals surface area contributed by atoms with Crippen molar-refractivity contribution in [2.75, 3.05) is 6.61 Å². The van der Waals surface area contributed by atoms with Crippen molar-refractivity contribution in [3.05, 3.63) is 0 Å². The van der Waals surface area contributed by atoms with Crippen LogP contribution in [0.5, 0.6) is 0 Å². The van der Waals surface area contributed by atoms with Gasteiger partial charge in [0.05, 0.1) is 5.60 Å². The van der Waals surface area contributed by atoms with Gasteiger partial charge < -0.3 is 8.85 Å². The zero-order chi connectivity index (χ0) is 19.3. The van der Waals surface area contributed by atoms with E-state index in [2.05, 4.69) is 55.4 Å². The molecule has 0 heterocycles. The van der Waals surface area contributed by atoms with Crippen molar-refractivity contribution in [2.45, 2.75) is 124 Å². The second kappa shape index (κ2) is 13.3. The quantitative estimate of drug-likeness (QED) is 0.204. The van der Waals surface area contributed by atoms with Crippen LogP contribution in [0, 0.1) is 11.8 Å². The maximum absolute atomic E-state index is 7.26. The van der Waals surface area contributed by atoms with E-state index in [9.17, 15) is 0 Å². The predicted octanol–water partition coefficient (Wildman–Crippen LogP) is 7.71. The molecule has 0 unspecified atom stereocenters. The molecule has 2 nitrogen and oxygen atoms in total. The molecule has 0 rings (SSSR count). The van der Waals surface area contributed by atoms with Gasteiger partial charge in [-0.25, -0.2) is 0 Å². The molecule has 0 atom stereocenters. The summed E-state index contributed by atoms with van der Waals surface area (Å²) < 4.78 is 13.9. The fourth-order valence-corrected chi connectivity index (χ4v) is 8.33. The first kappa shape index (κ1) is 25.1. The Morgan fingerprint density at radius 1 is 0.720 bits per heavy atom. The molecule has 0 bridgehead atoms. The normalized spacial score (nSPS) is 13.2. The molecule has 3 heteroatoms. The molecule has 0 radical (unpaired) electrons. The highest BCUT2D eigenvalue weighted by Crippen LogP contribution is 2.41. The van der Waals surface area contributed by atoms with Crippen LogP contribution < -0.4 is 0 Å². The van der Waals surface area contributed by atoms with Gasteiger partial charge in [-0.3, -0.25) is 0 Å². The monoisotopic (exact) mass is 372 g/mol. The lowest BCUT2D eigenvalue weighted by molar-refractivity contribution is -0.0616. The standard InChI is InChI=1S/C22H48O2Si/c1-9-13-17-23-25(18-14-10-2,19-15-11-3)24-22(16-12-4,20(5)6)21(7)8/h20-21H,9-19H2,1-8H3. The molecule has 0 aromatic heterocycles. The van der Waals surface area contributed by atoms with E-state index in [1.54, 1.807) is 0 Å². The first-order chi connectivity index (χ1) is 11.8. The summed E-state index contributed by atoms with van der Waals surface area (Å²) >= 11 is 0. The average molecular weight is 373 g/mol. The van der Waals surface area contributed by atoms with Crippen LogP contribution in [0.25, 0.3) is 0 Å². The smallest absolute Gasteiger partial charge is 0.338 e. The highest BCUT2D eigenvalue weighted by Gasteiger charge is 2.47. The summed E-state index contributed by atoms with van der Waals surface area (Å²) in [5.74, 6) is 1.05.